The molecule has 2 atom stereocenters. The van der Waals surface area contributed by atoms with Gasteiger partial charge in [-0.25, -0.2) is 9.97 Å². The van der Waals surface area contributed by atoms with Crippen molar-refractivity contribution < 1.29 is 4.79 Å². The summed E-state index contributed by atoms with van der Waals surface area (Å²) in [6, 6.07) is 9.51. The van der Waals surface area contributed by atoms with E-state index in [0.29, 0.717) is 12.4 Å². The van der Waals surface area contributed by atoms with Crippen LogP contribution in [-0.2, 0) is 11.8 Å². The number of carbonyl (C=O) groups is 1. The fraction of sp³-hybridized carbons (Fsp3) is 0.300. The first kappa shape index (κ1) is 17.4. The molecule has 0 saturated carbocycles. The molecule has 7 heteroatoms. The Morgan fingerprint density at radius 3 is 2.96 bits per heavy atom. The number of hydrogen-bond acceptors (Lipinski definition) is 5. The van der Waals surface area contributed by atoms with E-state index in [9.17, 15) is 4.79 Å². The van der Waals surface area contributed by atoms with Gasteiger partial charge in [-0.1, -0.05) is 12.1 Å². The van der Waals surface area contributed by atoms with Crippen molar-refractivity contribution in [3.8, 4) is 11.4 Å². The molecule has 1 aromatic carbocycles. The molecule has 1 aliphatic heterocycles. The van der Waals surface area contributed by atoms with E-state index in [-0.39, 0.29) is 17.7 Å². The van der Waals surface area contributed by atoms with Crippen LogP contribution in [0.1, 0.15) is 17.2 Å². The molecule has 1 amide bonds. The molecule has 1 fully saturated rings. The van der Waals surface area contributed by atoms with E-state index in [1.54, 1.807) is 10.9 Å². The third-order valence-electron chi connectivity index (χ3n) is 4.89. The van der Waals surface area contributed by atoms with Gasteiger partial charge in [-0.2, -0.15) is 5.10 Å². The summed E-state index contributed by atoms with van der Waals surface area (Å²) >= 11 is 0. The molecular weight excluding hydrogens is 340 g/mol. The molecular formula is C20H22N6O. The molecule has 0 radical (unpaired) electrons. The lowest BCUT2D eigenvalue weighted by Crippen LogP contribution is -2.28. The van der Waals surface area contributed by atoms with E-state index < -0.39 is 0 Å². The number of amides is 1. The van der Waals surface area contributed by atoms with E-state index in [0.717, 1.165) is 29.1 Å². The summed E-state index contributed by atoms with van der Waals surface area (Å²) in [6.45, 7) is 3.37. The number of aryl methyl sites for hydroxylation is 2. The van der Waals surface area contributed by atoms with Crippen molar-refractivity contribution in [3.63, 3.8) is 0 Å². The van der Waals surface area contributed by atoms with Crippen LogP contribution in [0.15, 0.2) is 48.9 Å². The minimum Gasteiger partial charge on any atom is -0.326 e. The molecule has 0 unspecified atom stereocenters. The highest BCUT2D eigenvalue weighted by Crippen LogP contribution is 2.29. The van der Waals surface area contributed by atoms with Gasteiger partial charge in [0.2, 0.25) is 5.91 Å². The summed E-state index contributed by atoms with van der Waals surface area (Å²) in [7, 11) is 1.89. The second-order valence-electron chi connectivity index (χ2n) is 6.91. The molecule has 2 N–H and O–H groups in total. The van der Waals surface area contributed by atoms with Gasteiger partial charge in [0, 0.05) is 55.4 Å². The highest BCUT2D eigenvalue weighted by atomic mass is 16.1. The predicted molar refractivity (Wildman–Crippen MR) is 103 cm³/mol. The van der Waals surface area contributed by atoms with Crippen molar-refractivity contribution in [2.75, 3.05) is 18.4 Å². The van der Waals surface area contributed by atoms with Crippen molar-refractivity contribution in [2.45, 2.75) is 12.8 Å². The van der Waals surface area contributed by atoms with Crippen LogP contribution in [0, 0.1) is 12.8 Å². The van der Waals surface area contributed by atoms with Gasteiger partial charge in [0.1, 0.15) is 0 Å². The summed E-state index contributed by atoms with van der Waals surface area (Å²) in [5.74, 6) is 0.660. The maximum Gasteiger partial charge on any atom is 0.229 e. The van der Waals surface area contributed by atoms with Crippen LogP contribution < -0.4 is 10.6 Å². The summed E-state index contributed by atoms with van der Waals surface area (Å²) in [6.07, 6.45) is 5.56. The van der Waals surface area contributed by atoms with E-state index in [2.05, 4.69) is 25.7 Å². The number of anilines is 1. The predicted octanol–water partition coefficient (Wildman–Crippen LogP) is 2.13. The van der Waals surface area contributed by atoms with Crippen molar-refractivity contribution in [2.24, 2.45) is 13.0 Å². The fourth-order valence-electron chi connectivity index (χ4n) is 3.50. The minimum absolute atomic E-state index is 0.0103. The third-order valence-corrected chi connectivity index (χ3v) is 4.89. The summed E-state index contributed by atoms with van der Waals surface area (Å²) in [4.78, 5) is 21.7. The van der Waals surface area contributed by atoms with E-state index in [4.69, 9.17) is 0 Å². The first-order valence-corrected chi connectivity index (χ1v) is 9.00. The van der Waals surface area contributed by atoms with Gasteiger partial charge in [0.15, 0.2) is 5.82 Å². The second kappa shape index (κ2) is 7.28. The molecule has 1 aliphatic rings. The van der Waals surface area contributed by atoms with Gasteiger partial charge in [0.05, 0.1) is 12.1 Å². The van der Waals surface area contributed by atoms with Gasteiger partial charge in [0.25, 0.3) is 0 Å². The second-order valence-corrected chi connectivity index (χ2v) is 6.91. The standard InChI is InChI=1S/C20H22N6O/c1-13-6-7-22-19(24-13)14-4-3-5-16(8-14)25-20(27)18-11-21-10-17(18)15-9-23-26(2)12-15/h3-9,12,17-18,21H,10-11H2,1-2H3,(H,25,27)/t17-,18+/m1/s1. The highest BCUT2D eigenvalue weighted by Gasteiger charge is 2.34. The fourth-order valence-corrected chi connectivity index (χ4v) is 3.50. The Morgan fingerprint density at radius 1 is 1.30 bits per heavy atom. The number of nitrogens with zero attached hydrogens (tertiary/aromatic N) is 4. The van der Waals surface area contributed by atoms with Crippen LogP contribution in [0.4, 0.5) is 5.69 Å². The van der Waals surface area contributed by atoms with Gasteiger partial charge < -0.3 is 10.6 Å². The molecule has 0 spiro atoms. The van der Waals surface area contributed by atoms with Crippen LogP contribution in [0.25, 0.3) is 11.4 Å². The van der Waals surface area contributed by atoms with Gasteiger partial charge in [-0.05, 0) is 30.7 Å². The van der Waals surface area contributed by atoms with Gasteiger partial charge in [-0.15, -0.1) is 0 Å². The molecule has 3 aromatic rings. The van der Waals surface area contributed by atoms with Crippen molar-refractivity contribution >= 4 is 11.6 Å². The normalized spacial score (nSPS) is 19.2. The Balaban J connectivity index is 1.52. The number of nitrogens with one attached hydrogen (secondary N) is 2. The van der Waals surface area contributed by atoms with E-state index in [1.165, 1.54) is 0 Å². The maximum atomic E-state index is 12.9. The van der Waals surface area contributed by atoms with Crippen LogP contribution in [0.2, 0.25) is 0 Å². The Kier molecular flexibility index (Phi) is 4.68. The van der Waals surface area contributed by atoms with Crippen molar-refractivity contribution in [1.29, 1.82) is 0 Å². The minimum atomic E-state index is -0.131. The van der Waals surface area contributed by atoms with Crippen molar-refractivity contribution in [1.82, 2.24) is 25.1 Å². The number of carbonyl (C=O) groups excluding carboxylic acids is 1. The molecule has 2 aromatic heterocycles. The zero-order chi connectivity index (χ0) is 18.8. The van der Waals surface area contributed by atoms with Crippen LogP contribution >= 0.6 is 0 Å². The lowest BCUT2D eigenvalue weighted by Gasteiger charge is -2.17. The molecule has 3 heterocycles. The Hall–Kier alpha value is -3.06. The lowest BCUT2D eigenvalue weighted by atomic mass is 9.90. The summed E-state index contributed by atoms with van der Waals surface area (Å²) < 4.78 is 1.77. The number of hydrogen-bond donors (Lipinski definition) is 2. The molecule has 27 heavy (non-hydrogen) atoms. The Bertz CT molecular complexity index is 966. The number of benzene rings is 1. The molecule has 138 valence electrons. The van der Waals surface area contributed by atoms with Crippen LogP contribution in [0.5, 0.6) is 0 Å². The maximum absolute atomic E-state index is 12.9. The largest absolute Gasteiger partial charge is 0.326 e. The van der Waals surface area contributed by atoms with E-state index >= 15 is 0 Å². The topological polar surface area (TPSA) is 84.7 Å². The summed E-state index contributed by atoms with van der Waals surface area (Å²) in [5.41, 5.74) is 3.62. The zero-order valence-corrected chi connectivity index (χ0v) is 15.4. The van der Waals surface area contributed by atoms with Gasteiger partial charge in [-0.3, -0.25) is 9.48 Å². The van der Waals surface area contributed by atoms with Gasteiger partial charge >= 0.3 is 0 Å². The zero-order valence-electron chi connectivity index (χ0n) is 15.4. The molecule has 0 aliphatic carbocycles. The molecule has 1 saturated heterocycles. The average molecular weight is 362 g/mol. The third kappa shape index (κ3) is 3.73. The Morgan fingerprint density at radius 2 is 2.19 bits per heavy atom. The SMILES string of the molecule is Cc1ccnc(-c2cccc(NC(=O)[C@H]3CNC[C@@H]3c3cnn(C)c3)c2)n1. The number of aromatic nitrogens is 4. The molecule has 0 bridgehead atoms. The lowest BCUT2D eigenvalue weighted by molar-refractivity contribution is -0.119. The Labute approximate surface area is 157 Å². The van der Waals surface area contributed by atoms with Crippen LogP contribution in [0.3, 0.4) is 0 Å². The van der Waals surface area contributed by atoms with Crippen LogP contribution in [-0.4, -0.2) is 38.7 Å². The van der Waals surface area contributed by atoms with Crippen molar-refractivity contribution in [3.05, 3.63) is 60.2 Å². The monoisotopic (exact) mass is 362 g/mol. The van der Waals surface area contributed by atoms with E-state index in [1.807, 2.05) is 56.7 Å². The molecule has 4 rings (SSSR count). The highest BCUT2D eigenvalue weighted by molar-refractivity contribution is 5.94. The quantitative estimate of drug-likeness (QED) is 0.743. The average Bonchev–Trinajstić information content (AvgIpc) is 3.30. The molecule has 7 nitrogen and oxygen atoms in total. The first-order valence-electron chi connectivity index (χ1n) is 9.00. The number of rotatable bonds is 4. The smallest absolute Gasteiger partial charge is 0.229 e. The summed E-state index contributed by atoms with van der Waals surface area (Å²) in [5, 5.41) is 10.6. The first-order chi connectivity index (χ1) is 13.1.